The third-order valence-electron chi connectivity index (χ3n) is 3.55. The quantitative estimate of drug-likeness (QED) is 0.744. The van der Waals surface area contributed by atoms with Crippen molar-refractivity contribution < 1.29 is 23.8 Å². The Labute approximate surface area is 146 Å². The Morgan fingerprint density at radius 1 is 1.00 bits per heavy atom. The highest BCUT2D eigenvalue weighted by Gasteiger charge is 2.11. The van der Waals surface area contributed by atoms with Crippen LogP contribution in [0.2, 0.25) is 0 Å². The molecule has 0 fully saturated rings. The van der Waals surface area contributed by atoms with Gasteiger partial charge in [-0.2, -0.15) is 0 Å². The van der Waals surface area contributed by atoms with Gasteiger partial charge in [-0.15, -0.1) is 0 Å². The average Bonchev–Trinajstić information content (AvgIpc) is 2.66. The van der Waals surface area contributed by atoms with Crippen molar-refractivity contribution in [3.8, 4) is 11.5 Å². The summed E-state index contributed by atoms with van der Waals surface area (Å²) in [6, 6.07) is 14.2. The van der Waals surface area contributed by atoms with Crippen LogP contribution in [0.1, 0.15) is 15.9 Å². The molecule has 132 valence electrons. The molecule has 0 bridgehead atoms. The third-order valence-corrected chi connectivity index (χ3v) is 3.55. The van der Waals surface area contributed by atoms with Crippen molar-refractivity contribution in [3.63, 3.8) is 0 Å². The number of amides is 1. The van der Waals surface area contributed by atoms with Crippen LogP contribution in [0.25, 0.3) is 0 Å². The van der Waals surface area contributed by atoms with Gasteiger partial charge in [0.2, 0.25) is 0 Å². The van der Waals surface area contributed by atoms with E-state index >= 15 is 0 Å². The molecule has 0 heterocycles. The topological polar surface area (TPSA) is 73.9 Å². The second-order valence-electron chi connectivity index (χ2n) is 5.22. The molecule has 0 radical (unpaired) electrons. The van der Waals surface area contributed by atoms with Gasteiger partial charge in [-0.25, -0.2) is 4.79 Å². The zero-order valence-electron chi connectivity index (χ0n) is 14.3. The van der Waals surface area contributed by atoms with Crippen LogP contribution in [-0.2, 0) is 16.0 Å². The van der Waals surface area contributed by atoms with Crippen LogP contribution in [-0.4, -0.2) is 39.2 Å². The number of rotatable bonds is 8. The number of carbonyl (C=O) groups excluding carboxylic acids is 2. The molecule has 1 amide bonds. The van der Waals surface area contributed by atoms with E-state index < -0.39 is 5.97 Å². The number of esters is 1. The molecule has 0 saturated carbocycles. The molecule has 6 heteroatoms. The minimum absolute atomic E-state index is 0.331. The summed E-state index contributed by atoms with van der Waals surface area (Å²) in [6.07, 6.45) is 0.625. The summed E-state index contributed by atoms with van der Waals surface area (Å²) in [5.74, 6) is 0.404. The summed E-state index contributed by atoms with van der Waals surface area (Å²) < 4.78 is 15.3. The van der Waals surface area contributed by atoms with E-state index in [4.69, 9.17) is 14.2 Å². The van der Waals surface area contributed by atoms with Gasteiger partial charge in [0, 0.05) is 6.54 Å². The maximum atomic E-state index is 11.9. The van der Waals surface area contributed by atoms with Crippen molar-refractivity contribution in [1.82, 2.24) is 5.32 Å². The molecule has 2 aromatic rings. The fraction of sp³-hybridized carbons (Fsp3) is 0.263. The molecule has 2 rings (SSSR count). The molecule has 0 spiro atoms. The maximum absolute atomic E-state index is 11.9. The van der Waals surface area contributed by atoms with Gasteiger partial charge in [-0.1, -0.05) is 24.3 Å². The minimum atomic E-state index is -0.571. The summed E-state index contributed by atoms with van der Waals surface area (Å²) in [5.41, 5.74) is 1.33. The molecule has 2 aromatic carbocycles. The Hall–Kier alpha value is -3.02. The van der Waals surface area contributed by atoms with E-state index in [1.807, 2.05) is 24.3 Å². The monoisotopic (exact) mass is 343 g/mol. The predicted molar refractivity (Wildman–Crippen MR) is 93.0 cm³/mol. The van der Waals surface area contributed by atoms with Crippen LogP contribution in [0.15, 0.2) is 48.5 Å². The summed E-state index contributed by atoms with van der Waals surface area (Å²) in [5, 5.41) is 2.72. The summed E-state index contributed by atoms with van der Waals surface area (Å²) in [6.45, 7) is 0.0951. The van der Waals surface area contributed by atoms with Crippen LogP contribution in [0, 0.1) is 0 Å². The molecule has 0 aliphatic carbocycles. The number of methoxy groups -OCH3 is 2. The molecule has 0 saturated heterocycles. The Balaban J connectivity index is 1.76. The van der Waals surface area contributed by atoms with Crippen molar-refractivity contribution in [1.29, 1.82) is 0 Å². The normalized spacial score (nSPS) is 10.0. The van der Waals surface area contributed by atoms with Gasteiger partial charge in [0.05, 0.1) is 19.8 Å². The molecular formula is C19H21NO5. The van der Waals surface area contributed by atoms with E-state index in [1.54, 1.807) is 31.4 Å². The van der Waals surface area contributed by atoms with Gasteiger partial charge in [0.25, 0.3) is 5.91 Å². The zero-order valence-corrected chi connectivity index (χ0v) is 14.3. The highest BCUT2D eigenvalue weighted by atomic mass is 16.5. The van der Waals surface area contributed by atoms with E-state index in [0.29, 0.717) is 24.3 Å². The van der Waals surface area contributed by atoms with Gasteiger partial charge in [-0.05, 0) is 36.2 Å². The lowest BCUT2D eigenvalue weighted by molar-refractivity contribution is -0.124. The highest BCUT2D eigenvalue weighted by Crippen LogP contribution is 2.17. The third kappa shape index (κ3) is 5.53. The zero-order chi connectivity index (χ0) is 18.1. The number of hydrogen-bond acceptors (Lipinski definition) is 5. The number of carbonyl (C=O) groups is 2. The van der Waals surface area contributed by atoms with Gasteiger partial charge >= 0.3 is 5.97 Å². The van der Waals surface area contributed by atoms with E-state index in [1.165, 1.54) is 7.11 Å². The first-order valence-corrected chi connectivity index (χ1v) is 7.84. The first-order chi connectivity index (χ1) is 12.1. The number of para-hydroxylation sites is 1. The van der Waals surface area contributed by atoms with Crippen molar-refractivity contribution >= 4 is 11.9 Å². The lowest BCUT2D eigenvalue weighted by Gasteiger charge is -2.09. The molecule has 0 aliphatic rings. The van der Waals surface area contributed by atoms with Crippen LogP contribution in [0.5, 0.6) is 11.5 Å². The van der Waals surface area contributed by atoms with E-state index in [-0.39, 0.29) is 12.5 Å². The molecule has 0 unspecified atom stereocenters. The molecule has 1 N–H and O–H groups in total. The van der Waals surface area contributed by atoms with Crippen molar-refractivity contribution in [2.45, 2.75) is 6.42 Å². The number of hydrogen-bond donors (Lipinski definition) is 1. The second kappa shape index (κ2) is 9.32. The first-order valence-electron chi connectivity index (χ1n) is 7.84. The Morgan fingerprint density at radius 3 is 2.56 bits per heavy atom. The average molecular weight is 343 g/mol. The Morgan fingerprint density at radius 2 is 1.80 bits per heavy atom. The van der Waals surface area contributed by atoms with Crippen LogP contribution >= 0.6 is 0 Å². The number of ether oxygens (including phenoxy) is 3. The number of benzene rings is 2. The molecule has 0 atom stereocenters. The SMILES string of the molecule is COc1cccc(C(=O)OCC(=O)NCCc2ccccc2OC)c1. The molecule has 0 aromatic heterocycles. The van der Waals surface area contributed by atoms with Gasteiger partial charge in [0.15, 0.2) is 6.61 Å². The van der Waals surface area contributed by atoms with Crippen molar-refractivity contribution in [2.75, 3.05) is 27.4 Å². The molecule has 0 aliphatic heterocycles. The van der Waals surface area contributed by atoms with E-state index in [2.05, 4.69) is 5.32 Å². The van der Waals surface area contributed by atoms with Gasteiger partial charge in [0.1, 0.15) is 11.5 Å². The van der Waals surface area contributed by atoms with Crippen LogP contribution in [0.3, 0.4) is 0 Å². The Kier molecular flexibility index (Phi) is 6.83. The van der Waals surface area contributed by atoms with E-state index in [0.717, 1.165) is 11.3 Å². The maximum Gasteiger partial charge on any atom is 0.338 e. The second-order valence-corrected chi connectivity index (χ2v) is 5.22. The molecule has 25 heavy (non-hydrogen) atoms. The van der Waals surface area contributed by atoms with Crippen LogP contribution in [0.4, 0.5) is 0 Å². The van der Waals surface area contributed by atoms with Crippen LogP contribution < -0.4 is 14.8 Å². The first kappa shape index (κ1) is 18.3. The van der Waals surface area contributed by atoms with Crippen molar-refractivity contribution in [2.24, 2.45) is 0 Å². The van der Waals surface area contributed by atoms with Gasteiger partial charge in [-0.3, -0.25) is 4.79 Å². The number of nitrogens with one attached hydrogen (secondary N) is 1. The summed E-state index contributed by atoms with van der Waals surface area (Å²) >= 11 is 0. The molecule has 6 nitrogen and oxygen atoms in total. The predicted octanol–water partition coefficient (Wildman–Crippen LogP) is 2.22. The lowest BCUT2D eigenvalue weighted by atomic mass is 10.1. The van der Waals surface area contributed by atoms with Gasteiger partial charge < -0.3 is 19.5 Å². The Bertz CT molecular complexity index is 729. The fourth-order valence-corrected chi connectivity index (χ4v) is 2.26. The largest absolute Gasteiger partial charge is 0.497 e. The highest BCUT2D eigenvalue weighted by molar-refractivity contribution is 5.91. The fourth-order valence-electron chi connectivity index (χ4n) is 2.26. The molecular weight excluding hydrogens is 322 g/mol. The lowest BCUT2D eigenvalue weighted by Crippen LogP contribution is -2.30. The van der Waals surface area contributed by atoms with Crippen molar-refractivity contribution in [3.05, 3.63) is 59.7 Å². The summed E-state index contributed by atoms with van der Waals surface area (Å²) in [4.78, 5) is 23.7. The minimum Gasteiger partial charge on any atom is -0.497 e. The van der Waals surface area contributed by atoms with E-state index in [9.17, 15) is 9.59 Å². The summed E-state index contributed by atoms with van der Waals surface area (Å²) in [7, 11) is 3.12. The standard InChI is InChI=1S/C19H21NO5/c1-23-16-8-5-7-15(12-16)19(22)25-13-18(21)20-11-10-14-6-3-4-9-17(14)24-2/h3-9,12H,10-11,13H2,1-2H3,(H,20,21). The smallest absolute Gasteiger partial charge is 0.338 e.